The standard InChI is InChI=1S/C22H28N2O2/c1-17(26-21-13-12-18-8-6-7-9-19(18)16-21)22(25)23-14-15-24(2)20-10-4-3-5-11-20/h3-5,10-13,16-17H,6-9,14-15H2,1-2H3,(H,23,25)/t17-/m1/s1. The number of anilines is 1. The number of hydrogen-bond donors (Lipinski definition) is 1. The first-order valence-electron chi connectivity index (χ1n) is 9.46. The lowest BCUT2D eigenvalue weighted by atomic mass is 9.92. The van der Waals surface area contributed by atoms with Crippen molar-refractivity contribution in [2.75, 3.05) is 25.0 Å². The summed E-state index contributed by atoms with van der Waals surface area (Å²) >= 11 is 0. The van der Waals surface area contributed by atoms with Gasteiger partial charge in [-0.25, -0.2) is 0 Å². The molecule has 0 radical (unpaired) electrons. The fourth-order valence-corrected chi connectivity index (χ4v) is 3.34. The van der Waals surface area contributed by atoms with Crippen LogP contribution in [-0.2, 0) is 17.6 Å². The number of amides is 1. The fourth-order valence-electron chi connectivity index (χ4n) is 3.34. The molecule has 1 aliphatic carbocycles. The number of aryl methyl sites for hydroxylation is 2. The zero-order valence-electron chi connectivity index (χ0n) is 15.7. The maximum absolute atomic E-state index is 12.3. The van der Waals surface area contributed by atoms with Crippen molar-refractivity contribution >= 4 is 11.6 Å². The van der Waals surface area contributed by atoms with Gasteiger partial charge in [-0.3, -0.25) is 4.79 Å². The molecule has 4 nitrogen and oxygen atoms in total. The Labute approximate surface area is 156 Å². The molecular weight excluding hydrogens is 324 g/mol. The summed E-state index contributed by atoms with van der Waals surface area (Å²) in [6.07, 6.45) is 4.27. The summed E-state index contributed by atoms with van der Waals surface area (Å²) in [5.41, 5.74) is 3.93. The highest BCUT2D eigenvalue weighted by molar-refractivity contribution is 5.80. The summed E-state index contributed by atoms with van der Waals surface area (Å²) in [7, 11) is 2.02. The van der Waals surface area contributed by atoms with E-state index in [1.54, 1.807) is 6.92 Å². The van der Waals surface area contributed by atoms with E-state index in [4.69, 9.17) is 4.74 Å². The van der Waals surface area contributed by atoms with E-state index in [1.807, 2.05) is 31.3 Å². The highest BCUT2D eigenvalue weighted by atomic mass is 16.5. The molecule has 0 bridgehead atoms. The normalized spacial score (nSPS) is 14.2. The van der Waals surface area contributed by atoms with Gasteiger partial charge >= 0.3 is 0 Å². The topological polar surface area (TPSA) is 41.6 Å². The molecule has 1 amide bonds. The lowest BCUT2D eigenvalue weighted by Crippen LogP contribution is -2.40. The van der Waals surface area contributed by atoms with Crippen molar-refractivity contribution in [3.63, 3.8) is 0 Å². The number of ether oxygens (including phenoxy) is 1. The van der Waals surface area contributed by atoms with Crippen LogP contribution in [0.25, 0.3) is 0 Å². The Hall–Kier alpha value is -2.49. The maximum atomic E-state index is 12.3. The molecule has 0 aromatic heterocycles. The molecule has 1 N–H and O–H groups in total. The number of carbonyl (C=O) groups is 1. The quantitative estimate of drug-likeness (QED) is 0.828. The molecule has 1 atom stereocenters. The van der Waals surface area contributed by atoms with Crippen molar-refractivity contribution in [3.8, 4) is 5.75 Å². The van der Waals surface area contributed by atoms with E-state index in [1.165, 1.54) is 24.0 Å². The molecule has 4 heteroatoms. The van der Waals surface area contributed by atoms with E-state index in [2.05, 4.69) is 34.5 Å². The summed E-state index contributed by atoms with van der Waals surface area (Å²) in [6.45, 7) is 3.14. The minimum atomic E-state index is -0.501. The SMILES string of the molecule is C[C@@H](Oc1ccc2c(c1)CCCC2)C(=O)NCCN(C)c1ccccc1. The number of rotatable bonds is 7. The van der Waals surface area contributed by atoms with Crippen molar-refractivity contribution in [2.24, 2.45) is 0 Å². The molecule has 0 saturated carbocycles. The van der Waals surface area contributed by atoms with Gasteiger partial charge in [-0.1, -0.05) is 24.3 Å². The molecule has 0 spiro atoms. The van der Waals surface area contributed by atoms with Gasteiger partial charge in [0, 0.05) is 25.8 Å². The van der Waals surface area contributed by atoms with Gasteiger partial charge in [0.15, 0.2) is 6.10 Å². The Morgan fingerprint density at radius 1 is 1.12 bits per heavy atom. The van der Waals surface area contributed by atoms with Gasteiger partial charge in [0.2, 0.25) is 0 Å². The van der Waals surface area contributed by atoms with Crippen LogP contribution in [0.4, 0.5) is 5.69 Å². The minimum Gasteiger partial charge on any atom is -0.481 e. The number of nitrogens with one attached hydrogen (secondary N) is 1. The fraction of sp³-hybridized carbons (Fsp3) is 0.409. The van der Waals surface area contributed by atoms with Gasteiger partial charge in [-0.2, -0.15) is 0 Å². The van der Waals surface area contributed by atoms with E-state index < -0.39 is 6.10 Å². The van der Waals surface area contributed by atoms with Crippen LogP contribution < -0.4 is 15.0 Å². The van der Waals surface area contributed by atoms with Crippen LogP contribution in [0.5, 0.6) is 5.75 Å². The molecule has 0 fully saturated rings. The van der Waals surface area contributed by atoms with E-state index in [0.29, 0.717) is 6.54 Å². The lowest BCUT2D eigenvalue weighted by molar-refractivity contribution is -0.127. The van der Waals surface area contributed by atoms with E-state index in [-0.39, 0.29) is 5.91 Å². The lowest BCUT2D eigenvalue weighted by Gasteiger charge is -2.21. The predicted octanol–water partition coefficient (Wildman–Crippen LogP) is 3.59. The molecule has 3 rings (SSSR count). The van der Waals surface area contributed by atoms with Crippen LogP contribution in [0.15, 0.2) is 48.5 Å². The van der Waals surface area contributed by atoms with Gasteiger partial charge in [-0.15, -0.1) is 0 Å². The van der Waals surface area contributed by atoms with Crippen molar-refractivity contribution < 1.29 is 9.53 Å². The average Bonchev–Trinajstić information content (AvgIpc) is 2.68. The van der Waals surface area contributed by atoms with Crippen LogP contribution in [0.2, 0.25) is 0 Å². The smallest absolute Gasteiger partial charge is 0.260 e. The maximum Gasteiger partial charge on any atom is 0.260 e. The van der Waals surface area contributed by atoms with Crippen molar-refractivity contribution in [2.45, 2.75) is 38.7 Å². The second kappa shape index (κ2) is 8.75. The zero-order chi connectivity index (χ0) is 18.4. The Kier molecular flexibility index (Phi) is 6.16. The van der Waals surface area contributed by atoms with Gasteiger partial charge in [0.25, 0.3) is 5.91 Å². The van der Waals surface area contributed by atoms with Crippen LogP contribution in [0.1, 0.15) is 30.9 Å². The highest BCUT2D eigenvalue weighted by Crippen LogP contribution is 2.25. The number of hydrogen-bond acceptors (Lipinski definition) is 3. The van der Waals surface area contributed by atoms with Crippen LogP contribution >= 0.6 is 0 Å². The Morgan fingerprint density at radius 3 is 2.62 bits per heavy atom. The molecule has 2 aromatic carbocycles. The van der Waals surface area contributed by atoms with Gasteiger partial charge in [-0.05, 0) is 68.0 Å². The summed E-state index contributed by atoms with van der Waals surface area (Å²) in [6, 6.07) is 16.4. The monoisotopic (exact) mass is 352 g/mol. The van der Waals surface area contributed by atoms with Crippen molar-refractivity contribution in [1.82, 2.24) is 5.32 Å². The molecule has 0 unspecified atom stereocenters. The molecule has 0 heterocycles. The third-order valence-electron chi connectivity index (χ3n) is 4.95. The predicted molar refractivity (Wildman–Crippen MR) is 106 cm³/mol. The number of carbonyl (C=O) groups excluding carboxylic acids is 1. The van der Waals surface area contributed by atoms with Crippen molar-refractivity contribution in [1.29, 1.82) is 0 Å². The first-order chi connectivity index (χ1) is 12.6. The Morgan fingerprint density at radius 2 is 1.85 bits per heavy atom. The zero-order valence-corrected chi connectivity index (χ0v) is 15.7. The summed E-state index contributed by atoms with van der Waals surface area (Å²) in [4.78, 5) is 14.4. The van der Waals surface area contributed by atoms with E-state index in [9.17, 15) is 4.79 Å². The molecule has 26 heavy (non-hydrogen) atoms. The summed E-state index contributed by atoms with van der Waals surface area (Å²) in [5.74, 6) is 0.707. The Balaban J connectivity index is 1.46. The number of nitrogens with zero attached hydrogens (tertiary/aromatic N) is 1. The van der Waals surface area contributed by atoms with Gasteiger partial charge < -0.3 is 15.0 Å². The van der Waals surface area contributed by atoms with Crippen molar-refractivity contribution in [3.05, 3.63) is 59.7 Å². The van der Waals surface area contributed by atoms with E-state index >= 15 is 0 Å². The van der Waals surface area contributed by atoms with E-state index in [0.717, 1.165) is 30.8 Å². The summed E-state index contributed by atoms with van der Waals surface area (Å²) in [5, 5.41) is 2.96. The molecule has 0 saturated heterocycles. The van der Waals surface area contributed by atoms with Gasteiger partial charge in [0.1, 0.15) is 5.75 Å². The molecule has 138 valence electrons. The largest absolute Gasteiger partial charge is 0.481 e. The average molecular weight is 352 g/mol. The number of fused-ring (bicyclic) bond motifs is 1. The second-order valence-electron chi connectivity index (χ2n) is 6.95. The number of benzene rings is 2. The van der Waals surface area contributed by atoms with Crippen LogP contribution in [0.3, 0.4) is 0 Å². The number of likely N-dealkylation sites (N-methyl/N-ethyl adjacent to an activating group) is 1. The molecule has 2 aromatic rings. The first kappa shape index (κ1) is 18.3. The molecule has 0 aliphatic heterocycles. The van der Waals surface area contributed by atoms with Crippen LogP contribution in [-0.4, -0.2) is 32.1 Å². The second-order valence-corrected chi connectivity index (χ2v) is 6.95. The van der Waals surface area contributed by atoms with Gasteiger partial charge in [0.05, 0.1) is 0 Å². The first-order valence-corrected chi connectivity index (χ1v) is 9.46. The molecule has 1 aliphatic rings. The number of para-hydroxylation sites is 1. The third-order valence-corrected chi connectivity index (χ3v) is 4.95. The van der Waals surface area contributed by atoms with Crippen LogP contribution in [0, 0.1) is 0 Å². The highest BCUT2D eigenvalue weighted by Gasteiger charge is 2.16. The minimum absolute atomic E-state index is 0.0795. The molecular formula is C22H28N2O2. The Bertz CT molecular complexity index is 730. The third kappa shape index (κ3) is 4.78. The summed E-state index contributed by atoms with van der Waals surface area (Å²) < 4.78 is 5.86.